The van der Waals surface area contributed by atoms with Crippen LogP contribution in [0.1, 0.15) is 44.2 Å². The molecule has 4 heteroatoms. The van der Waals surface area contributed by atoms with Gasteiger partial charge in [0.2, 0.25) is 0 Å². The van der Waals surface area contributed by atoms with E-state index < -0.39 is 0 Å². The van der Waals surface area contributed by atoms with E-state index in [4.69, 9.17) is 9.47 Å². The minimum absolute atomic E-state index is 0.142. The van der Waals surface area contributed by atoms with Crippen molar-refractivity contribution in [1.29, 1.82) is 0 Å². The molecule has 116 valence electrons. The summed E-state index contributed by atoms with van der Waals surface area (Å²) in [6.07, 6.45) is 3.31. The highest BCUT2D eigenvalue weighted by Crippen LogP contribution is 2.41. The maximum absolute atomic E-state index is 12.0. The van der Waals surface area contributed by atoms with Crippen molar-refractivity contribution in [3.05, 3.63) is 29.3 Å². The summed E-state index contributed by atoms with van der Waals surface area (Å²) in [6, 6.07) is 6.15. The van der Waals surface area contributed by atoms with Crippen LogP contribution in [0.5, 0.6) is 5.75 Å². The smallest absolute Gasteiger partial charge is 0.308 e. The number of benzene rings is 1. The van der Waals surface area contributed by atoms with E-state index in [-0.39, 0.29) is 11.5 Å². The molecule has 1 aliphatic carbocycles. The lowest BCUT2D eigenvalue weighted by molar-refractivity contribution is -0.145. The third-order valence-corrected chi connectivity index (χ3v) is 4.12. The van der Waals surface area contributed by atoms with Crippen LogP contribution in [0.4, 0.5) is 0 Å². The lowest BCUT2D eigenvalue weighted by Crippen LogP contribution is -2.43. The molecule has 4 nitrogen and oxygen atoms in total. The standard InChI is InChI=1S/C17H25NO3/c1-4-10-18-17(12-16(19)21-5-2)9-8-13-6-7-14(20-3)11-15(13)17/h6-7,11,18H,4-5,8-10,12H2,1-3H3. The second-order valence-corrected chi connectivity index (χ2v) is 5.51. The van der Waals surface area contributed by atoms with Crippen LogP contribution < -0.4 is 10.1 Å². The molecular formula is C17H25NO3. The molecule has 0 fully saturated rings. The third-order valence-electron chi connectivity index (χ3n) is 4.12. The topological polar surface area (TPSA) is 47.6 Å². The number of carbonyl (C=O) groups excluding carboxylic acids is 1. The number of hydrogen-bond acceptors (Lipinski definition) is 4. The lowest BCUT2D eigenvalue weighted by Gasteiger charge is -2.31. The van der Waals surface area contributed by atoms with Crippen molar-refractivity contribution in [3.63, 3.8) is 0 Å². The molecule has 0 amide bonds. The van der Waals surface area contributed by atoms with Crippen LogP contribution in [0, 0.1) is 0 Å². The van der Waals surface area contributed by atoms with Gasteiger partial charge in [-0.3, -0.25) is 4.79 Å². The summed E-state index contributed by atoms with van der Waals surface area (Å²) in [5, 5.41) is 3.59. The molecule has 1 aliphatic rings. The molecule has 0 aliphatic heterocycles. The predicted octanol–water partition coefficient (Wildman–Crippen LogP) is 2.79. The Bertz CT molecular complexity index is 501. The zero-order valence-electron chi connectivity index (χ0n) is 13.2. The Kier molecular flexibility index (Phi) is 5.23. The van der Waals surface area contributed by atoms with Gasteiger partial charge in [-0.05, 0) is 56.0 Å². The van der Waals surface area contributed by atoms with Crippen LogP contribution in [0.15, 0.2) is 18.2 Å². The number of fused-ring (bicyclic) bond motifs is 1. The number of aryl methyl sites for hydroxylation is 1. The first-order valence-electron chi connectivity index (χ1n) is 7.73. The van der Waals surface area contributed by atoms with Crippen molar-refractivity contribution < 1.29 is 14.3 Å². The number of methoxy groups -OCH3 is 1. The van der Waals surface area contributed by atoms with Crippen LogP contribution in [0.25, 0.3) is 0 Å². The van der Waals surface area contributed by atoms with Crippen molar-refractivity contribution in [2.45, 2.75) is 45.1 Å². The Labute approximate surface area is 126 Å². The van der Waals surface area contributed by atoms with E-state index in [1.807, 2.05) is 13.0 Å². The Morgan fingerprint density at radius 1 is 1.38 bits per heavy atom. The third kappa shape index (κ3) is 3.38. The van der Waals surface area contributed by atoms with Gasteiger partial charge in [0.25, 0.3) is 0 Å². The molecular weight excluding hydrogens is 266 g/mol. The first-order valence-corrected chi connectivity index (χ1v) is 7.73. The second-order valence-electron chi connectivity index (χ2n) is 5.51. The van der Waals surface area contributed by atoms with Crippen molar-refractivity contribution in [2.75, 3.05) is 20.3 Å². The monoisotopic (exact) mass is 291 g/mol. The van der Waals surface area contributed by atoms with Crippen molar-refractivity contribution in [2.24, 2.45) is 0 Å². The summed E-state index contributed by atoms with van der Waals surface area (Å²) in [6.45, 7) is 5.28. The fourth-order valence-electron chi connectivity index (χ4n) is 3.08. The van der Waals surface area contributed by atoms with Gasteiger partial charge >= 0.3 is 5.97 Å². The first-order chi connectivity index (χ1) is 10.1. The molecule has 0 aromatic heterocycles. The van der Waals surface area contributed by atoms with E-state index in [0.29, 0.717) is 13.0 Å². The Morgan fingerprint density at radius 2 is 2.19 bits per heavy atom. The molecule has 1 aromatic carbocycles. The van der Waals surface area contributed by atoms with Crippen LogP contribution in [0.2, 0.25) is 0 Å². The van der Waals surface area contributed by atoms with Crippen LogP contribution >= 0.6 is 0 Å². The van der Waals surface area contributed by atoms with Gasteiger partial charge in [0, 0.05) is 0 Å². The number of hydrogen-bond donors (Lipinski definition) is 1. The van der Waals surface area contributed by atoms with Gasteiger partial charge in [-0.2, -0.15) is 0 Å². The van der Waals surface area contributed by atoms with Crippen LogP contribution in [0.3, 0.4) is 0 Å². The number of nitrogens with one attached hydrogen (secondary N) is 1. The van der Waals surface area contributed by atoms with Crippen LogP contribution in [-0.2, 0) is 21.5 Å². The maximum atomic E-state index is 12.0. The molecule has 0 bridgehead atoms. The summed E-state index contributed by atoms with van der Waals surface area (Å²) >= 11 is 0. The van der Waals surface area contributed by atoms with Gasteiger partial charge in [0.1, 0.15) is 5.75 Å². The van der Waals surface area contributed by atoms with Crippen molar-refractivity contribution in [1.82, 2.24) is 5.32 Å². The molecule has 0 radical (unpaired) electrons. The molecule has 1 aromatic rings. The summed E-state index contributed by atoms with van der Waals surface area (Å²) in [5.41, 5.74) is 2.17. The van der Waals surface area contributed by atoms with Gasteiger partial charge in [-0.1, -0.05) is 13.0 Å². The summed E-state index contributed by atoms with van der Waals surface area (Å²) < 4.78 is 10.5. The predicted molar refractivity (Wildman–Crippen MR) is 82.5 cm³/mol. The molecule has 0 heterocycles. The average molecular weight is 291 g/mol. The van der Waals surface area contributed by atoms with E-state index in [9.17, 15) is 4.79 Å². The Morgan fingerprint density at radius 3 is 2.86 bits per heavy atom. The fourth-order valence-corrected chi connectivity index (χ4v) is 3.08. The highest BCUT2D eigenvalue weighted by atomic mass is 16.5. The number of carbonyl (C=O) groups is 1. The van der Waals surface area contributed by atoms with E-state index >= 15 is 0 Å². The molecule has 21 heavy (non-hydrogen) atoms. The molecule has 1 unspecified atom stereocenters. The largest absolute Gasteiger partial charge is 0.497 e. The fraction of sp³-hybridized carbons (Fsp3) is 0.588. The van der Waals surface area contributed by atoms with E-state index in [0.717, 1.165) is 31.6 Å². The Hall–Kier alpha value is -1.55. The average Bonchev–Trinajstić information content (AvgIpc) is 2.84. The van der Waals surface area contributed by atoms with Gasteiger partial charge in [0.05, 0.1) is 25.7 Å². The zero-order valence-corrected chi connectivity index (χ0v) is 13.2. The minimum Gasteiger partial charge on any atom is -0.497 e. The van der Waals surface area contributed by atoms with E-state index in [1.54, 1.807) is 7.11 Å². The van der Waals surface area contributed by atoms with E-state index in [2.05, 4.69) is 24.4 Å². The quantitative estimate of drug-likeness (QED) is 0.785. The van der Waals surface area contributed by atoms with E-state index in [1.165, 1.54) is 11.1 Å². The van der Waals surface area contributed by atoms with Gasteiger partial charge in [-0.25, -0.2) is 0 Å². The minimum atomic E-state index is -0.313. The molecule has 0 saturated carbocycles. The molecule has 2 rings (SSSR count). The summed E-state index contributed by atoms with van der Waals surface area (Å²) in [4.78, 5) is 12.0. The molecule has 1 atom stereocenters. The highest BCUT2D eigenvalue weighted by molar-refractivity contribution is 5.72. The Balaban J connectivity index is 2.32. The van der Waals surface area contributed by atoms with Crippen LogP contribution in [-0.4, -0.2) is 26.2 Å². The van der Waals surface area contributed by atoms with Crippen molar-refractivity contribution >= 4 is 5.97 Å². The van der Waals surface area contributed by atoms with Gasteiger partial charge in [0.15, 0.2) is 0 Å². The second kappa shape index (κ2) is 6.94. The summed E-state index contributed by atoms with van der Waals surface area (Å²) in [7, 11) is 1.67. The number of ether oxygens (including phenoxy) is 2. The maximum Gasteiger partial charge on any atom is 0.308 e. The SMILES string of the molecule is CCCNC1(CC(=O)OCC)CCc2ccc(OC)cc21. The van der Waals surface area contributed by atoms with Gasteiger partial charge in [-0.15, -0.1) is 0 Å². The van der Waals surface area contributed by atoms with Crippen molar-refractivity contribution in [3.8, 4) is 5.75 Å². The zero-order chi connectivity index (χ0) is 15.3. The first kappa shape index (κ1) is 15.8. The number of rotatable bonds is 7. The lowest BCUT2D eigenvalue weighted by atomic mass is 9.87. The normalized spacial score (nSPS) is 20.1. The molecule has 0 saturated heterocycles. The summed E-state index contributed by atoms with van der Waals surface area (Å²) in [5.74, 6) is 0.693. The highest BCUT2D eigenvalue weighted by Gasteiger charge is 2.40. The number of esters is 1. The van der Waals surface area contributed by atoms with Gasteiger partial charge < -0.3 is 14.8 Å². The molecule has 0 spiro atoms. The molecule has 1 N–H and O–H groups in total.